The molecule has 0 amide bonds. The van der Waals surface area contributed by atoms with E-state index in [-0.39, 0.29) is 0 Å². The van der Waals surface area contributed by atoms with Gasteiger partial charge in [-0.05, 0) is 59.9 Å². The molecule has 95 valence electrons. The third-order valence-electron chi connectivity index (χ3n) is 3.98. The van der Waals surface area contributed by atoms with Crippen LogP contribution in [-0.2, 0) is 0 Å². The standard InChI is InChI=1S/C15H30N/c1-6-7-8-9-13-16-14(2,3)11-10-12-15(16,4)5/h10H,6-9,11-13H2,1-5H3. The van der Waals surface area contributed by atoms with Crippen LogP contribution in [-0.4, -0.2) is 22.5 Å². The lowest BCUT2D eigenvalue weighted by Crippen LogP contribution is -2.58. The van der Waals surface area contributed by atoms with E-state index < -0.39 is 0 Å². The Bertz CT molecular complexity index is 189. The fourth-order valence-electron chi connectivity index (χ4n) is 3.12. The number of piperidine rings is 1. The molecule has 16 heavy (non-hydrogen) atoms. The first kappa shape index (κ1) is 14.0. The van der Waals surface area contributed by atoms with Crippen molar-refractivity contribution in [2.75, 3.05) is 6.54 Å². The number of unbranched alkanes of at least 4 members (excludes halogenated alkanes) is 3. The molecule has 0 aromatic heterocycles. The van der Waals surface area contributed by atoms with E-state index >= 15 is 0 Å². The second kappa shape index (κ2) is 5.53. The Kier molecular flexibility index (Phi) is 4.85. The van der Waals surface area contributed by atoms with Gasteiger partial charge in [0.25, 0.3) is 0 Å². The zero-order valence-corrected chi connectivity index (χ0v) is 12.0. The van der Waals surface area contributed by atoms with Crippen LogP contribution in [0.5, 0.6) is 0 Å². The summed E-state index contributed by atoms with van der Waals surface area (Å²) in [5.74, 6) is 0. The number of hydrogen-bond acceptors (Lipinski definition) is 1. The van der Waals surface area contributed by atoms with Crippen LogP contribution in [0.2, 0.25) is 0 Å². The van der Waals surface area contributed by atoms with Crippen molar-refractivity contribution in [3.05, 3.63) is 6.42 Å². The summed E-state index contributed by atoms with van der Waals surface area (Å²) in [6.45, 7) is 13.1. The van der Waals surface area contributed by atoms with Crippen LogP contribution >= 0.6 is 0 Å². The molecule has 1 aliphatic heterocycles. The van der Waals surface area contributed by atoms with Crippen molar-refractivity contribution < 1.29 is 0 Å². The van der Waals surface area contributed by atoms with Gasteiger partial charge in [-0.25, -0.2) is 0 Å². The Morgan fingerprint density at radius 2 is 1.50 bits per heavy atom. The van der Waals surface area contributed by atoms with Gasteiger partial charge in [0, 0.05) is 11.1 Å². The van der Waals surface area contributed by atoms with Crippen molar-refractivity contribution in [3.63, 3.8) is 0 Å². The highest BCUT2D eigenvalue weighted by atomic mass is 15.3. The summed E-state index contributed by atoms with van der Waals surface area (Å²) in [6, 6.07) is 0. The summed E-state index contributed by atoms with van der Waals surface area (Å²) in [7, 11) is 0. The van der Waals surface area contributed by atoms with Gasteiger partial charge in [0.05, 0.1) is 0 Å². The van der Waals surface area contributed by atoms with Gasteiger partial charge >= 0.3 is 0 Å². The van der Waals surface area contributed by atoms with E-state index in [1.165, 1.54) is 45.1 Å². The van der Waals surface area contributed by atoms with Crippen molar-refractivity contribution in [2.45, 2.75) is 84.2 Å². The lowest BCUT2D eigenvalue weighted by atomic mass is 9.79. The van der Waals surface area contributed by atoms with E-state index in [2.05, 4.69) is 45.9 Å². The molecule has 1 heteroatoms. The summed E-state index contributed by atoms with van der Waals surface area (Å²) in [5.41, 5.74) is 0.710. The van der Waals surface area contributed by atoms with E-state index in [0.29, 0.717) is 11.1 Å². The second-order valence-corrected chi connectivity index (χ2v) is 6.53. The molecule has 1 fully saturated rings. The molecule has 1 nitrogen and oxygen atoms in total. The molecule has 0 aliphatic carbocycles. The van der Waals surface area contributed by atoms with Crippen molar-refractivity contribution in [2.24, 2.45) is 0 Å². The Labute approximate surface area is 103 Å². The molecule has 1 heterocycles. The van der Waals surface area contributed by atoms with Crippen LogP contribution in [0.3, 0.4) is 0 Å². The average Bonchev–Trinajstić information content (AvgIpc) is 2.14. The lowest BCUT2D eigenvalue weighted by molar-refractivity contribution is -0.00904. The molecule has 1 saturated heterocycles. The molecule has 0 bridgehead atoms. The second-order valence-electron chi connectivity index (χ2n) is 6.53. The Morgan fingerprint density at radius 1 is 0.938 bits per heavy atom. The Hall–Kier alpha value is -0.0400. The van der Waals surface area contributed by atoms with E-state index in [0.717, 1.165) is 0 Å². The minimum Gasteiger partial charge on any atom is -0.293 e. The smallest absolute Gasteiger partial charge is 0.0161 e. The monoisotopic (exact) mass is 224 g/mol. The molecule has 1 radical (unpaired) electrons. The zero-order valence-electron chi connectivity index (χ0n) is 12.0. The van der Waals surface area contributed by atoms with Gasteiger partial charge in [0.15, 0.2) is 0 Å². The maximum atomic E-state index is 2.73. The highest BCUT2D eigenvalue weighted by Crippen LogP contribution is 2.37. The third-order valence-corrected chi connectivity index (χ3v) is 3.98. The van der Waals surface area contributed by atoms with Gasteiger partial charge < -0.3 is 0 Å². The van der Waals surface area contributed by atoms with E-state index in [1.807, 2.05) is 0 Å². The average molecular weight is 224 g/mol. The number of rotatable bonds is 5. The third kappa shape index (κ3) is 3.48. The molecule has 0 unspecified atom stereocenters. The molecular weight excluding hydrogens is 194 g/mol. The SMILES string of the molecule is CCCCCCN1C(C)(C)C[CH]CC1(C)C. The number of likely N-dealkylation sites (tertiary alicyclic amines) is 1. The number of nitrogens with zero attached hydrogens (tertiary/aromatic N) is 1. The van der Waals surface area contributed by atoms with Crippen molar-refractivity contribution in [1.29, 1.82) is 0 Å². The highest BCUT2D eigenvalue weighted by Gasteiger charge is 2.40. The van der Waals surface area contributed by atoms with Crippen LogP contribution in [0, 0.1) is 6.42 Å². The summed E-state index contributed by atoms with van der Waals surface area (Å²) >= 11 is 0. The van der Waals surface area contributed by atoms with Crippen LogP contribution < -0.4 is 0 Å². The van der Waals surface area contributed by atoms with Gasteiger partial charge in [0.1, 0.15) is 0 Å². The largest absolute Gasteiger partial charge is 0.293 e. The van der Waals surface area contributed by atoms with Crippen molar-refractivity contribution >= 4 is 0 Å². The van der Waals surface area contributed by atoms with Gasteiger partial charge in [-0.3, -0.25) is 4.90 Å². The van der Waals surface area contributed by atoms with Crippen molar-refractivity contribution in [3.8, 4) is 0 Å². The van der Waals surface area contributed by atoms with Crippen LogP contribution in [0.4, 0.5) is 0 Å². The summed E-state index contributed by atoms with van der Waals surface area (Å²) < 4.78 is 0. The molecule has 0 atom stereocenters. The van der Waals surface area contributed by atoms with E-state index in [9.17, 15) is 0 Å². The summed E-state index contributed by atoms with van der Waals surface area (Å²) in [4.78, 5) is 2.73. The first-order valence-corrected chi connectivity index (χ1v) is 6.99. The first-order valence-electron chi connectivity index (χ1n) is 6.99. The molecule has 0 N–H and O–H groups in total. The molecule has 1 aliphatic rings. The normalized spacial score (nSPS) is 24.6. The summed E-state index contributed by atoms with van der Waals surface area (Å²) in [5, 5.41) is 0. The van der Waals surface area contributed by atoms with Gasteiger partial charge in [-0.15, -0.1) is 0 Å². The maximum Gasteiger partial charge on any atom is 0.0161 e. The highest BCUT2D eigenvalue weighted by molar-refractivity contribution is 5.02. The molecular formula is C15H30N. The molecule has 1 rings (SSSR count). The first-order chi connectivity index (χ1) is 7.40. The Balaban J connectivity index is 2.50. The Morgan fingerprint density at radius 3 is 2.00 bits per heavy atom. The van der Waals surface area contributed by atoms with Crippen molar-refractivity contribution in [1.82, 2.24) is 4.90 Å². The van der Waals surface area contributed by atoms with Crippen LogP contribution in [0.25, 0.3) is 0 Å². The topological polar surface area (TPSA) is 3.24 Å². The number of hydrogen-bond donors (Lipinski definition) is 0. The fraction of sp³-hybridized carbons (Fsp3) is 0.933. The molecule has 0 spiro atoms. The quantitative estimate of drug-likeness (QED) is 0.625. The van der Waals surface area contributed by atoms with Gasteiger partial charge in [0.2, 0.25) is 0 Å². The van der Waals surface area contributed by atoms with Gasteiger partial charge in [-0.2, -0.15) is 0 Å². The van der Waals surface area contributed by atoms with Gasteiger partial charge in [-0.1, -0.05) is 26.2 Å². The van der Waals surface area contributed by atoms with E-state index in [1.54, 1.807) is 0 Å². The molecule has 0 aromatic carbocycles. The predicted octanol–water partition coefficient (Wildman–Crippen LogP) is 4.42. The molecule has 0 aromatic rings. The van der Waals surface area contributed by atoms with Crippen LogP contribution in [0.1, 0.15) is 73.1 Å². The minimum atomic E-state index is 0.355. The summed E-state index contributed by atoms with van der Waals surface area (Å²) in [6.07, 6.45) is 10.4. The zero-order chi connectivity index (χ0) is 12.2. The maximum absolute atomic E-state index is 2.73. The molecule has 0 saturated carbocycles. The lowest BCUT2D eigenvalue weighted by Gasteiger charge is -2.53. The fourth-order valence-corrected chi connectivity index (χ4v) is 3.12. The predicted molar refractivity (Wildman–Crippen MR) is 72.5 cm³/mol. The minimum absolute atomic E-state index is 0.355. The van der Waals surface area contributed by atoms with Crippen LogP contribution in [0.15, 0.2) is 0 Å². The van der Waals surface area contributed by atoms with E-state index in [4.69, 9.17) is 0 Å².